The molecule has 0 saturated carbocycles. The van der Waals surface area contributed by atoms with E-state index in [0.29, 0.717) is 22.0 Å². The number of anilines is 3. The molecule has 0 aliphatic carbocycles. The van der Waals surface area contributed by atoms with E-state index in [1.54, 1.807) is 25.1 Å². The lowest BCUT2D eigenvalue weighted by Gasteiger charge is -2.10. The highest BCUT2D eigenvalue weighted by atomic mass is 32.2. The van der Waals surface area contributed by atoms with Gasteiger partial charge in [-0.05, 0) is 49.4 Å². The predicted octanol–water partition coefficient (Wildman–Crippen LogP) is 4.09. The minimum atomic E-state index is -0.481. The SMILES string of the molecule is CC(=O)Nc1ccc2nc(NC(=O)C(C)SCC(=O)Nc3ccc(F)cc3)sc2c1. The van der Waals surface area contributed by atoms with Gasteiger partial charge >= 0.3 is 0 Å². The molecule has 3 amide bonds. The van der Waals surface area contributed by atoms with Crippen LogP contribution >= 0.6 is 23.1 Å². The van der Waals surface area contributed by atoms with E-state index in [9.17, 15) is 18.8 Å². The van der Waals surface area contributed by atoms with Crippen LogP contribution in [0.3, 0.4) is 0 Å². The van der Waals surface area contributed by atoms with E-state index in [1.165, 1.54) is 54.3 Å². The van der Waals surface area contributed by atoms with Crippen molar-refractivity contribution < 1.29 is 18.8 Å². The van der Waals surface area contributed by atoms with Crippen LogP contribution in [0.4, 0.5) is 20.9 Å². The van der Waals surface area contributed by atoms with Crippen LogP contribution in [0.5, 0.6) is 0 Å². The van der Waals surface area contributed by atoms with E-state index in [1.807, 2.05) is 0 Å². The van der Waals surface area contributed by atoms with Crippen LogP contribution < -0.4 is 16.0 Å². The zero-order valence-corrected chi connectivity index (χ0v) is 17.8. The Morgan fingerprint density at radius 2 is 1.77 bits per heavy atom. The summed E-state index contributed by atoms with van der Waals surface area (Å²) in [5, 5.41) is 8.08. The molecular formula is C20H19FN4O3S2. The first-order chi connectivity index (χ1) is 14.3. The smallest absolute Gasteiger partial charge is 0.239 e. The van der Waals surface area contributed by atoms with Crippen molar-refractivity contribution in [2.45, 2.75) is 19.1 Å². The largest absolute Gasteiger partial charge is 0.326 e. The molecule has 3 aromatic rings. The highest BCUT2D eigenvalue weighted by Gasteiger charge is 2.17. The van der Waals surface area contributed by atoms with Gasteiger partial charge in [0.25, 0.3) is 0 Å². The number of nitrogens with zero attached hydrogens (tertiary/aromatic N) is 1. The minimum absolute atomic E-state index is 0.0753. The summed E-state index contributed by atoms with van der Waals surface area (Å²) in [5.74, 6) is -1.02. The molecule has 1 heterocycles. The molecule has 7 nitrogen and oxygen atoms in total. The Morgan fingerprint density at radius 1 is 1.07 bits per heavy atom. The second kappa shape index (κ2) is 9.68. The molecule has 0 bridgehead atoms. The molecule has 0 aliphatic heterocycles. The van der Waals surface area contributed by atoms with Crippen LogP contribution in [0, 0.1) is 5.82 Å². The Hall–Kier alpha value is -2.98. The zero-order chi connectivity index (χ0) is 21.7. The van der Waals surface area contributed by atoms with Gasteiger partial charge in [-0.3, -0.25) is 14.4 Å². The first kappa shape index (κ1) is 21.7. The fourth-order valence-corrected chi connectivity index (χ4v) is 4.06. The molecule has 0 radical (unpaired) electrons. The van der Waals surface area contributed by atoms with Gasteiger partial charge in [-0.15, -0.1) is 11.8 Å². The van der Waals surface area contributed by atoms with Gasteiger partial charge in [0.15, 0.2) is 5.13 Å². The lowest BCUT2D eigenvalue weighted by atomic mass is 10.3. The highest BCUT2D eigenvalue weighted by molar-refractivity contribution is 8.01. The number of benzene rings is 2. The van der Waals surface area contributed by atoms with Crippen LogP contribution in [0.1, 0.15) is 13.8 Å². The third-order valence-electron chi connectivity index (χ3n) is 3.90. The van der Waals surface area contributed by atoms with Crippen molar-refractivity contribution in [2.75, 3.05) is 21.7 Å². The van der Waals surface area contributed by atoms with Crippen LogP contribution in [0.15, 0.2) is 42.5 Å². The summed E-state index contributed by atoms with van der Waals surface area (Å²) in [5.41, 5.74) is 1.86. The van der Waals surface area contributed by atoms with Crippen LogP contribution in [0.25, 0.3) is 10.2 Å². The Morgan fingerprint density at radius 3 is 2.47 bits per heavy atom. The van der Waals surface area contributed by atoms with Crippen molar-refractivity contribution in [1.29, 1.82) is 0 Å². The average Bonchev–Trinajstić information content (AvgIpc) is 3.08. The maximum absolute atomic E-state index is 12.9. The van der Waals surface area contributed by atoms with Crippen LogP contribution in [-0.2, 0) is 14.4 Å². The number of carbonyl (C=O) groups is 3. The molecule has 2 aromatic carbocycles. The van der Waals surface area contributed by atoms with Crippen LogP contribution in [-0.4, -0.2) is 33.7 Å². The average molecular weight is 447 g/mol. The van der Waals surface area contributed by atoms with Crippen molar-refractivity contribution in [1.82, 2.24) is 4.98 Å². The molecule has 1 unspecified atom stereocenters. The summed E-state index contributed by atoms with van der Waals surface area (Å²) in [4.78, 5) is 40.0. The fourth-order valence-electron chi connectivity index (χ4n) is 2.47. The summed E-state index contributed by atoms with van der Waals surface area (Å²) >= 11 is 2.48. The quantitative estimate of drug-likeness (QED) is 0.508. The maximum atomic E-state index is 12.9. The molecule has 0 spiro atoms. The highest BCUT2D eigenvalue weighted by Crippen LogP contribution is 2.29. The van der Waals surface area contributed by atoms with E-state index in [-0.39, 0.29) is 29.3 Å². The molecule has 3 rings (SSSR count). The van der Waals surface area contributed by atoms with Gasteiger partial charge in [-0.25, -0.2) is 9.37 Å². The topological polar surface area (TPSA) is 100 Å². The number of rotatable bonds is 7. The Labute approximate surface area is 180 Å². The van der Waals surface area contributed by atoms with Gasteiger partial charge in [0.1, 0.15) is 5.82 Å². The predicted molar refractivity (Wildman–Crippen MR) is 120 cm³/mol. The number of thiazole rings is 1. The summed E-state index contributed by atoms with van der Waals surface area (Å²) < 4.78 is 13.7. The van der Waals surface area contributed by atoms with Crippen LogP contribution in [0.2, 0.25) is 0 Å². The monoisotopic (exact) mass is 446 g/mol. The van der Waals surface area contributed by atoms with Gasteiger partial charge in [0.05, 0.1) is 21.2 Å². The van der Waals surface area contributed by atoms with Gasteiger partial charge in [0, 0.05) is 18.3 Å². The zero-order valence-electron chi connectivity index (χ0n) is 16.2. The van der Waals surface area contributed by atoms with Gasteiger partial charge in [0.2, 0.25) is 17.7 Å². The number of aromatic nitrogens is 1. The number of carbonyl (C=O) groups excluding carboxylic acids is 3. The molecule has 0 fully saturated rings. The standard InChI is InChI=1S/C20H19FN4O3S2/c1-11(29-10-18(27)23-14-5-3-13(21)4-6-14)19(28)25-20-24-16-8-7-15(22-12(2)26)9-17(16)30-20/h3-9,11H,10H2,1-2H3,(H,22,26)(H,23,27)(H,24,25,28). The number of nitrogens with one attached hydrogen (secondary N) is 3. The van der Waals surface area contributed by atoms with Crippen molar-refractivity contribution in [3.63, 3.8) is 0 Å². The summed E-state index contributed by atoms with van der Waals surface area (Å²) in [6.45, 7) is 3.13. The van der Waals surface area contributed by atoms with Gasteiger partial charge < -0.3 is 16.0 Å². The van der Waals surface area contributed by atoms with Crippen molar-refractivity contribution in [2.24, 2.45) is 0 Å². The lowest BCUT2D eigenvalue weighted by Crippen LogP contribution is -2.24. The molecule has 30 heavy (non-hydrogen) atoms. The normalized spacial score (nSPS) is 11.7. The Kier molecular flexibility index (Phi) is 7.01. The second-order valence-corrected chi connectivity index (χ2v) is 8.74. The number of hydrogen-bond donors (Lipinski definition) is 3. The van der Waals surface area contributed by atoms with E-state index >= 15 is 0 Å². The third kappa shape index (κ3) is 6.01. The fraction of sp³-hybridized carbons (Fsp3) is 0.200. The van der Waals surface area contributed by atoms with E-state index in [4.69, 9.17) is 0 Å². The Bertz CT molecular complexity index is 1090. The van der Waals surface area contributed by atoms with Gasteiger partial charge in [-0.1, -0.05) is 11.3 Å². The van der Waals surface area contributed by atoms with E-state index in [0.717, 1.165) is 4.70 Å². The molecule has 156 valence electrons. The van der Waals surface area contributed by atoms with Crippen molar-refractivity contribution in [3.05, 3.63) is 48.3 Å². The van der Waals surface area contributed by atoms with Crippen molar-refractivity contribution in [3.8, 4) is 0 Å². The summed E-state index contributed by atoms with van der Waals surface area (Å²) in [6.07, 6.45) is 0. The first-order valence-electron chi connectivity index (χ1n) is 8.96. The third-order valence-corrected chi connectivity index (χ3v) is 5.98. The number of amides is 3. The van der Waals surface area contributed by atoms with E-state index in [2.05, 4.69) is 20.9 Å². The van der Waals surface area contributed by atoms with Crippen molar-refractivity contribution >= 4 is 67.5 Å². The molecule has 1 aromatic heterocycles. The maximum Gasteiger partial charge on any atom is 0.239 e. The van der Waals surface area contributed by atoms with E-state index < -0.39 is 5.25 Å². The minimum Gasteiger partial charge on any atom is -0.326 e. The number of thioether (sulfide) groups is 1. The number of fused-ring (bicyclic) bond motifs is 1. The molecule has 3 N–H and O–H groups in total. The Balaban J connectivity index is 1.52. The molecule has 1 atom stereocenters. The summed E-state index contributed by atoms with van der Waals surface area (Å²) in [6, 6.07) is 10.8. The number of hydrogen-bond acceptors (Lipinski definition) is 6. The van der Waals surface area contributed by atoms with Gasteiger partial charge in [-0.2, -0.15) is 0 Å². The molecular weight excluding hydrogens is 427 g/mol. The lowest BCUT2D eigenvalue weighted by molar-refractivity contribution is -0.115. The second-order valence-electron chi connectivity index (χ2n) is 6.38. The molecule has 10 heteroatoms. The first-order valence-corrected chi connectivity index (χ1v) is 10.8. The molecule has 0 aliphatic rings. The molecule has 0 saturated heterocycles. The number of halogens is 1. The summed E-state index contributed by atoms with van der Waals surface area (Å²) in [7, 11) is 0.